The van der Waals surface area contributed by atoms with Crippen molar-refractivity contribution in [2.45, 2.75) is 57.1 Å². The molecular weight excluding hydrogens is 250 g/mol. The third-order valence-corrected chi connectivity index (χ3v) is 4.71. The van der Waals surface area contributed by atoms with E-state index in [0.29, 0.717) is 6.04 Å². The van der Waals surface area contributed by atoms with Crippen LogP contribution in [0.5, 0.6) is 11.5 Å². The Morgan fingerprint density at radius 1 is 1.30 bits per heavy atom. The summed E-state index contributed by atoms with van der Waals surface area (Å²) in [6.45, 7) is 3.17. The second-order valence-electron chi connectivity index (χ2n) is 6.06. The minimum atomic E-state index is 0.0461. The Balaban J connectivity index is 1.94. The number of nitrogens with one attached hydrogen (secondary N) is 1. The Hall–Kier alpha value is -1.22. The van der Waals surface area contributed by atoms with Crippen LogP contribution >= 0.6 is 0 Å². The van der Waals surface area contributed by atoms with E-state index < -0.39 is 0 Å². The number of methoxy groups -OCH3 is 1. The molecule has 1 saturated carbocycles. The van der Waals surface area contributed by atoms with Gasteiger partial charge in [0.2, 0.25) is 0 Å². The molecule has 0 radical (unpaired) electrons. The van der Waals surface area contributed by atoms with Gasteiger partial charge in [-0.3, -0.25) is 0 Å². The first-order valence-electron chi connectivity index (χ1n) is 7.87. The standard InChI is InChI=1S/C17H25NO2/c1-3-18-15-12-17(9-5-4-6-10-17)20-16-11-13(19-2)7-8-14(15)16/h7-8,11,15,18H,3-6,9-10,12H2,1-2H3. The Bertz CT molecular complexity index is 466. The molecule has 3 heteroatoms. The Morgan fingerprint density at radius 3 is 2.80 bits per heavy atom. The zero-order valence-corrected chi connectivity index (χ0v) is 12.6. The highest BCUT2D eigenvalue weighted by Crippen LogP contribution is 2.46. The highest BCUT2D eigenvalue weighted by molar-refractivity contribution is 5.44. The molecule has 1 heterocycles. The predicted molar refractivity (Wildman–Crippen MR) is 80.5 cm³/mol. The minimum absolute atomic E-state index is 0.0461. The topological polar surface area (TPSA) is 30.5 Å². The lowest BCUT2D eigenvalue weighted by atomic mass is 9.77. The van der Waals surface area contributed by atoms with Crippen LogP contribution in [-0.4, -0.2) is 19.3 Å². The van der Waals surface area contributed by atoms with Gasteiger partial charge in [0.1, 0.15) is 17.1 Å². The van der Waals surface area contributed by atoms with Crippen molar-refractivity contribution in [1.82, 2.24) is 5.32 Å². The molecule has 0 aromatic heterocycles. The first-order chi connectivity index (χ1) is 9.76. The van der Waals surface area contributed by atoms with Crippen LogP contribution in [-0.2, 0) is 0 Å². The van der Waals surface area contributed by atoms with E-state index in [1.807, 2.05) is 6.07 Å². The van der Waals surface area contributed by atoms with Gasteiger partial charge in [0, 0.05) is 24.1 Å². The number of benzene rings is 1. The number of hydrogen-bond acceptors (Lipinski definition) is 3. The largest absolute Gasteiger partial charge is 0.497 e. The number of fused-ring (bicyclic) bond motifs is 1. The van der Waals surface area contributed by atoms with Crippen molar-refractivity contribution in [3.8, 4) is 11.5 Å². The zero-order valence-electron chi connectivity index (χ0n) is 12.6. The van der Waals surface area contributed by atoms with Gasteiger partial charge >= 0.3 is 0 Å². The van der Waals surface area contributed by atoms with Crippen LogP contribution in [0.4, 0.5) is 0 Å². The Kier molecular flexibility index (Phi) is 3.88. The Labute approximate surface area is 121 Å². The number of ether oxygens (including phenoxy) is 2. The van der Waals surface area contributed by atoms with E-state index in [1.54, 1.807) is 7.11 Å². The normalized spacial score (nSPS) is 24.0. The van der Waals surface area contributed by atoms with E-state index in [9.17, 15) is 0 Å². The molecule has 1 atom stereocenters. The molecular formula is C17H25NO2. The summed E-state index contributed by atoms with van der Waals surface area (Å²) in [5, 5.41) is 3.63. The van der Waals surface area contributed by atoms with Crippen LogP contribution in [0.1, 0.15) is 57.1 Å². The molecule has 1 aromatic carbocycles. The zero-order chi connectivity index (χ0) is 14.0. The van der Waals surface area contributed by atoms with Crippen LogP contribution in [0, 0.1) is 0 Å². The van der Waals surface area contributed by atoms with Gasteiger partial charge in [-0.2, -0.15) is 0 Å². The van der Waals surface area contributed by atoms with Gasteiger partial charge in [-0.15, -0.1) is 0 Å². The summed E-state index contributed by atoms with van der Waals surface area (Å²) in [5.41, 5.74) is 1.33. The summed E-state index contributed by atoms with van der Waals surface area (Å²) in [6, 6.07) is 6.64. The molecule has 20 heavy (non-hydrogen) atoms. The lowest BCUT2D eigenvalue weighted by molar-refractivity contribution is -0.00261. The van der Waals surface area contributed by atoms with Crippen molar-refractivity contribution in [3.05, 3.63) is 23.8 Å². The lowest BCUT2D eigenvalue weighted by Crippen LogP contribution is -2.45. The molecule has 1 aromatic rings. The highest BCUT2D eigenvalue weighted by atomic mass is 16.5. The summed E-state index contributed by atoms with van der Waals surface area (Å²) in [5.74, 6) is 1.90. The van der Waals surface area contributed by atoms with Crippen molar-refractivity contribution >= 4 is 0 Å². The van der Waals surface area contributed by atoms with Gasteiger partial charge < -0.3 is 14.8 Å². The summed E-state index contributed by atoms with van der Waals surface area (Å²) in [4.78, 5) is 0. The van der Waals surface area contributed by atoms with Crippen molar-refractivity contribution < 1.29 is 9.47 Å². The third kappa shape index (κ3) is 2.51. The Morgan fingerprint density at radius 2 is 2.10 bits per heavy atom. The monoisotopic (exact) mass is 275 g/mol. The van der Waals surface area contributed by atoms with E-state index in [4.69, 9.17) is 9.47 Å². The second-order valence-corrected chi connectivity index (χ2v) is 6.06. The van der Waals surface area contributed by atoms with Gasteiger partial charge in [0.05, 0.1) is 7.11 Å². The van der Waals surface area contributed by atoms with E-state index in [0.717, 1.165) is 24.5 Å². The lowest BCUT2D eigenvalue weighted by Gasteiger charge is -2.44. The van der Waals surface area contributed by atoms with Gasteiger partial charge in [-0.1, -0.05) is 19.4 Å². The van der Waals surface area contributed by atoms with Gasteiger partial charge in [0.25, 0.3) is 0 Å². The highest BCUT2D eigenvalue weighted by Gasteiger charge is 2.41. The van der Waals surface area contributed by atoms with E-state index in [2.05, 4.69) is 24.4 Å². The average Bonchev–Trinajstić information content (AvgIpc) is 2.47. The molecule has 2 aliphatic rings. The van der Waals surface area contributed by atoms with Crippen molar-refractivity contribution in [3.63, 3.8) is 0 Å². The molecule has 0 bridgehead atoms. The summed E-state index contributed by atoms with van der Waals surface area (Å²) in [6.07, 6.45) is 7.40. The van der Waals surface area contributed by atoms with Gasteiger partial charge in [0.15, 0.2) is 0 Å². The van der Waals surface area contributed by atoms with Crippen molar-refractivity contribution in [2.24, 2.45) is 0 Å². The molecule has 1 unspecified atom stereocenters. The van der Waals surface area contributed by atoms with E-state index in [1.165, 1.54) is 37.7 Å². The van der Waals surface area contributed by atoms with Crippen LogP contribution < -0.4 is 14.8 Å². The molecule has 3 nitrogen and oxygen atoms in total. The molecule has 110 valence electrons. The molecule has 1 N–H and O–H groups in total. The van der Waals surface area contributed by atoms with E-state index in [-0.39, 0.29) is 5.60 Å². The van der Waals surface area contributed by atoms with Crippen LogP contribution in [0.3, 0.4) is 0 Å². The summed E-state index contributed by atoms with van der Waals surface area (Å²) in [7, 11) is 1.71. The quantitative estimate of drug-likeness (QED) is 0.909. The second kappa shape index (κ2) is 5.65. The summed E-state index contributed by atoms with van der Waals surface area (Å²) < 4.78 is 11.8. The number of hydrogen-bond donors (Lipinski definition) is 1. The maximum atomic E-state index is 6.46. The van der Waals surface area contributed by atoms with E-state index >= 15 is 0 Å². The van der Waals surface area contributed by atoms with Crippen LogP contribution in [0.25, 0.3) is 0 Å². The van der Waals surface area contributed by atoms with Crippen molar-refractivity contribution in [2.75, 3.05) is 13.7 Å². The molecule has 1 spiro atoms. The van der Waals surface area contributed by atoms with Crippen LogP contribution in [0.15, 0.2) is 18.2 Å². The maximum Gasteiger partial charge on any atom is 0.128 e. The first kappa shape index (κ1) is 13.7. The smallest absolute Gasteiger partial charge is 0.128 e. The first-order valence-corrected chi connectivity index (χ1v) is 7.87. The fourth-order valence-electron chi connectivity index (χ4n) is 3.71. The third-order valence-electron chi connectivity index (χ3n) is 4.71. The average molecular weight is 275 g/mol. The fourth-order valence-corrected chi connectivity index (χ4v) is 3.71. The number of rotatable bonds is 3. The molecule has 0 saturated heterocycles. The van der Waals surface area contributed by atoms with Gasteiger partial charge in [-0.05, 0) is 38.3 Å². The maximum absolute atomic E-state index is 6.46. The predicted octanol–water partition coefficient (Wildman–Crippen LogP) is 3.83. The molecule has 1 fully saturated rings. The molecule has 1 aliphatic carbocycles. The summed E-state index contributed by atoms with van der Waals surface area (Å²) >= 11 is 0. The van der Waals surface area contributed by atoms with Gasteiger partial charge in [-0.25, -0.2) is 0 Å². The molecule has 0 amide bonds. The van der Waals surface area contributed by atoms with Crippen molar-refractivity contribution in [1.29, 1.82) is 0 Å². The van der Waals surface area contributed by atoms with Crippen LogP contribution in [0.2, 0.25) is 0 Å². The molecule has 3 rings (SSSR count). The fraction of sp³-hybridized carbons (Fsp3) is 0.647. The molecule has 1 aliphatic heterocycles. The SMILES string of the molecule is CCNC1CC2(CCCCC2)Oc2cc(OC)ccc21. The minimum Gasteiger partial charge on any atom is -0.497 e.